The van der Waals surface area contributed by atoms with Crippen molar-refractivity contribution in [3.63, 3.8) is 0 Å². The molecule has 0 aromatic rings. The Labute approximate surface area is 138 Å². The van der Waals surface area contributed by atoms with Crippen LogP contribution >= 0.6 is 0 Å². The molecular weight excluding hydrogens is 298 g/mol. The summed E-state index contributed by atoms with van der Waals surface area (Å²) in [5.41, 5.74) is -0.0646. The van der Waals surface area contributed by atoms with Crippen LogP contribution in [0.25, 0.3) is 0 Å². The molecule has 2 N–H and O–H groups in total. The predicted octanol–water partition coefficient (Wildman–Crippen LogP) is 1.90. The molecule has 0 saturated heterocycles. The Morgan fingerprint density at radius 2 is 1.95 bits per heavy atom. The molecule has 1 rings (SSSR count). The highest BCUT2D eigenvalue weighted by molar-refractivity contribution is 7.86. The molecule has 1 aliphatic rings. The van der Waals surface area contributed by atoms with Gasteiger partial charge in [0.2, 0.25) is 0 Å². The van der Waals surface area contributed by atoms with Crippen LogP contribution in [0.2, 0.25) is 0 Å². The lowest BCUT2D eigenvalue weighted by Crippen LogP contribution is -2.69. The standard InChI is InChI=1S/C16H33N3O2S/c1-14(2,3)22(20)10-9-18-13(17-7)19-12-11-16(6,21-8)15(12,4)5/h12H,9-11H2,1-8H3,(H2,17,18,19). The maximum Gasteiger partial charge on any atom is 0.191 e. The van der Waals surface area contributed by atoms with Crippen LogP contribution in [0.3, 0.4) is 0 Å². The van der Waals surface area contributed by atoms with E-state index in [0.29, 0.717) is 18.3 Å². The van der Waals surface area contributed by atoms with E-state index in [2.05, 4.69) is 36.4 Å². The lowest BCUT2D eigenvalue weighted by molar-refractivity contribution is -0.176. The molecule has 1 aliphatic carbocycles. The lowest BCUT2D eigenvalue weighted by atomic mass is 9.56. The second-order valence-corrected chi connectivity index (χ2v) is 10.0. The van der Waals surface area contributed by atoms with Crippen molar-refractivity contribution >= 4 is 16.8 Å². The number of hydrogen-bond donors (Lipinski definition) is 2. The second-order valence-electron chi connectivity index (χ2n) is 7.72. The van der Waals surface area contributed by atoms with E-state index in [4.69, 9.17) is 4.74 Å². The Kier molecular flexibility index (Phi) is 6.07. The van der Waals surface area contributed by atoms with Crippen molar-refractivity contribution in [3.8, 4) is 0 Å². The number of nitrogens with one attached hydrogen (secondary N) is 2. The smallest absolute Gasteiger partial charge is 0.191 e. The van der Waals surface area contributed by atoms with E-state index in [-0.39, 0.29) is 15.8 Å². The van der Waals surface area contributed by atoms with Gasteiger partial charge in [0.05, 0.1) is 5.60 Å². The molecule has 1 fully saturated rings. The average molecular weight is 332 g/mol. The zero-order chi connectivity index (χ0) is 17.2. The Morgan fingerprint density at radius 3 is 2.36 bits per heavy atom. The van der Waals surface area contributed by atoms with Gasteiger partial charge in [0.25, 0.3) is 0 Å². The first-order valence-corrected chi connectivity index (χ1v) is 9.20. The lowest BCUT2D eigenvalue weighted by Gasteiger charge is -2.59. The van der Waals surface area contributed by atoms with E-state index in [9.17, 15) is 4.21 Å². The van der Waals surface area contributed by atoms with Gasteiger partial charge in [0.1, 0.15) is 0 Å². The van der Waals surface area contributed by atoms with Crippen LogP contribution in [-0.4, -0.2) is 53.0 Å². The molecule has 0 aliphatic heterocycles. The van der Waals surface area contributed by atoms with Crippen LogP contribution in [-0.2, 0) is 15.5 Å². The fraction of sp³-hybridized carbons (Fsp3) is 0.938. The third-order valence-corrected chi connectivity index (χ3v) is 7.02. The predicted molar refractivity (Wildman–Crippen MR) is 94.9 cm³/mol. The van der Waals surface area contributed by atoms with E-state index in [1.807, 2.05) is 20.8 Å². The average Bonchev–Trinajstić information content (AvgIpc) is 2.43. The van der Waals surface area contributed by atoms with Crippen LogP contribution in [0.1, 0.15) is 48.0 Å². The zero-order valence-corrected chi connectivity index (χ0v) is 16.2. The minimum atomic E-state index is -0.851. The third kappa shape index (κ3) is 4.02. The van der Waals surface area contributed by atoms with E-state index >= 15 is 0 Å². The monoisotopic (exact) mass is 331 g/mol. The highest BCUT2D eigenvalue weighted by atomic mass is 32.2. The number of guanidine groups is 1. The van der Waals surface area contributed by atoms with Crippen molar-refractivity contribution < 1.29 is 8.95 Å². The van der Waals surface area contributed by atoms with Crippen LogP contribution in [0.4, 0.5) is 0 Å². The molecule has 3 atom stereocenters. The van der Waals surface area contributed by atoms with Gasteiger partial charge in [-0.1, -0.05) is 13.8 Å². The van der Waals surface area contributed by atoms with Crippen molar-refractivity contribution in [2.75, 3.05) is 26.5 Å². The summed E-state index contributed by atoms with van der Waals surface area (Å²) in [4.78, 5) is 4.26. The van der Waals surface area contributed by atoms with Crippen molar-refractivity contribution in [1.29, 1.82) is 0 Å². The first kappa shape index (κ1) is 19.4. The molecule has 0 aromatic carbocycles. The van der Waals surface area contributed by atoms with Gasteiger partial charge in [-0.3, -0.25) is 9.20 Å². The summed E-state index contributed by atoms with van der Waals surface area (Å²) in [6.45, 7) is 13.2. The summed E-state index contributed by atoms with van der Waals surface area (Å²) in [6.07, 6.45) is 0.950. The Balaban J connectivity index is 2.47. The normalized spacial score (nSPS) is 29.6. The minimum absolute atomic E-state index is 0.0353. The Bertz CT molecular complexity index is 443. The molecule has 130 valence electrons. The number of methoxy groups -OCH3 is 1. The van der Waals surface area contributed by atoms with E-state index in [1.165, 1.54) is 0 Å². The van der Waals surface area contributed by atoms with Gasteiger partial charge in [-0.25, -0.2) is 0 Å². The molecule has 0 bridgehead atoms. The van der Waals surface area contributed by atoms with E-state index in [0.717, 1.165) is 12.4 Å². The molecule has 1 saturated carbocycles. The molecule has 6 heteroatoms. The highest BCUT2D eigenvalue weighted by Gasteiger charge is 2.58. The molecule has 0 amide bonds. The molecule has 0 spiro atoms. The molecule has 0 heterocycles. The van der Waals surface area contributed by atoms with Gasteiger partial charge in [0, 0.05) is 53.5 Å². The van der Waals surface area contributed by atoms with Crippen LogP contribution in [0, 0.1) is 5.41 Å². The highest BCUT2D eigenvalue weighted by Crippen LogP contribution is 2.51. The summed E-state index contributed by atoms with van der Waals surface area (Å²) < 4.78 is 17.5. The summed E-state index contributed by atoms with van der Waals surface area (Å²) in [6, 6.07) is 0.316. The van der Waals surface area contributed by atoms with E-state index in [1.54, 1.807) is 14.2 Å². The SMILES string of the molecule is CN=C(NCCS(=O)C(C)(C)C)NC1CC(C)(OC)C1(C)C. The number of rotatable bonds is 5. The zero-order valence-electron chi connectivity index (χ0n) is 15.4. The maximum atomic E-state index is 12.0. The van der Waals surface area contributed by atoms with Crippen molar-refractivity contribution in [1.82, 2.24) is 10.6 Å². The molecule has 0 aromatic heterocycles. The summed E-state index contributed by atoms with van der Waals surface area (Å²) >= 11 is 0. The summed E-state index contributed by atoms with van der Waals surface area (Å²) in [5.74, 6) is 1.38. The summed E-state index contributed by atoms with van der Waals surface area (Å²) in [5, 5.41) is 6.72. The number of aliphatic imine (C=N–C) groups is 1. The molecule has 0 radical (unpaired) electrons. The second kappa shape index (κ2) is 6.87. The van der Waals surface area contributed by atoms with E-state index < -0.39 is 10.8 Å². The van der Waals surface area contributed by atoms with Crippen LogP contribution in [0.15, 0.2) is 4.99 Å². The van der Waals surface area contributed by atoms with Crippen LogP contribution < -0.4 is 10.6 Å². The van der Waals surface area contributed by atoms with Crippen molar-refractivity contribution in [3.05, 3.63) is 0 Å². The quantitative estimate of drug-likeness (QED) is 0.597. The van der Waals surface area contributed by atoms with Gasteiger partial charge in [0.15, 0.2) is 5.96 Å². The molecule has 22 heavy (non-hydrogen) atoms. The first-order chi connectivity index (χ1) is 9.98. The molecular formula is C16H33N3O2S. The maximum absolute atomic E-state index is 12.0. The van der Waals surface area contributed by atoms with Crippen molar-refractivity contribution in [2.45, 2.75) is 64.4 Å². The number of nitrogens with zero attached hydrogens (tertiary/aromatic N) is 1. The first-order valence-electron chi connectivity index (χ1n) is 7.89. The Morgan fingerprint density at radius 1 is 1.36 bits per heavy atom. The molecule has 3 unspecified atom stereocenters. The molecule has 5 nitrogen and oxygen atoms in total. The number of ether oxygens (including phenoxy) is 1. The van der Waals surface area contributed by atoms with Gasteiger partial charge in [-0.2, -0.15) is 0 Å². The van der Waals surface area contributed by atoms with Gasteiger partial charge in [-0.05, 0) is 34.1 Å². The summed E-state index contributed by atoms with van der Waals surface area (Å²) in [7, 11) is 2.68. The largest absolute Gasteiger partial charge is 0.378 e. The fourth-order valence-electron chi connectivity index (χ4n) is 2.65. The van der Waals surface area contributed by atoms with Gasteiger partial charge in [-0.15, -0.1) is 0 Å². The Hall–Kier alpha value is -0.620. The van der Waals surface area contributed by atoms with Crippen LogP contribution in [0.5, 0.6) is 0 Å². The fourth-order valence-corrected chi connectivity index (χ4v) is 3.55. The van der Waals surface area contributed by atoms with Gasteiger partial charge >= 0.3 is 0 Å². The van der Waals surface area contributed by atoms with Crippen molar-refractivity contribution in [2.24, 2.45) is 10.4 Å². The third-order valence-electron chi connectivity index (χ3n) is 5.08. The van der Waals surface area contributed by atoms with Gasteiger partial charge < -0.3 is 15.4 Å². The topological polar surface area (TPSA) is 62.7 Å². The minimum Gasteiger partial charge on any atom is -0.378 e. The number of hydrogen-bond acceptors (Lipinski definition) is 3.